The Balaban J connectivity index is 2.54. The number of nitrogens with zero attached hydrogens (tertiary/aromatic N) is 1. The zero-order valence-corrected chi connectivity index (χ0v) is 15.0. The fourth-order valence-electron chi connectivity index (χ4n) is 3.10. The molecule has 0 aliphatic carbocycles. The molecule has 1 N–H and O–H groups in total. The first kappa shape index (κ1) is 17.0. The Hall–Kier alpha value is -1.33. The molecule has 0 spiro atoms. The van der Waals surface area contributed by atoms with Crippen molar-refractivity contribution >= 4 is 17.2 Å². The van der Waals surface area contributed by atoms with Gasteiger partial charge in [-0.15, -0.1) is 0 Å². The maximum absolute atomic E-state index is 5.52. The average molecular weight is 322 g/mol. The molecule has 1 aliphatic rings. The van der Waals surface area contributed by atoms with E-state index in [0.29, 0.717) is 0 Å². The summed E-state index contributed by atoms with van der Waals surface area (Å²) in [7, 11) is 7.55. The van der Waals surface area contributed by atoms with Crippen LogP contribution in [0.2, 0.25) is 0 Å². The lowest BCUT2D eigenvalue weighted by Gasteiger charge is -2.40. The molecule has 1 atom stereocenters. The molecule has 5 heteroatoms. The Morgan fingerprint density at radius 3 is 2.41 bits per heavy atom. The SMILES string of the molecule is CCC1(CCN(C)C)CNC(=S)c2cc(OC)c(OC)cc21. The predicted octanol–water partition coefficient (Wildman–Crippen LogP) is 2.58. The molecule has 1 aliphatic heterocycles. The Kier molecular flexibility index (Phi) is 5.29. The molecule has 0 aromatic heterocycles. The molecule has 0 amide bonds. The van der Waals surface area contributed by atoms with E-state index in [1.54, 1.807) is 14.2 Å². The van der Waals surface area contributed by atoms with Gasteiger partial charge in [-0.3, -0.25) is 0 Å². The van der Waals surface area contributed by atoms with Gasteiger partial charge in [-0.25, -0.2) is 0 Å². The van der Waals surface area contributed by atoms with Crippen LogP contribution in [0.15, 0.2) is 12.1 Å². The van der Waals surface area contributed by atoms with Gasteiger partial charge in [0.15, 0.2) is 11.5 Å². The third-order valence-corrected chi connectivity index (χ3v) is 5.01. The summed E-state index contributed by atoms with van der Waals surface area (Å²) in [6.45, 7) is 4.15. The van der Waals surface area contributed by atoms with Crippen molar-refractivity contribution in [2.45, 2.75) is 25.2 Å². The van der Waals surface area contributed by atoms with Crippen LogP contribution in [0.5, 0.6) is 11.5 Å². The molecule has 0 saturated heterocycles. The molecule has 4 nitrogen and oxygen atoms in total. The van der Waals surface area contributed by atoms with E-state index in [0.717, 1.165) is 48.0 Å². The van der Waals surface area contributed by atoms with Gasteiger partial charge in [0.2, 0.25) is 0 Å². The Morgan fingerprint density at radius 1 is 1.23 bits per heavy atom. The average Bonchev–Trinajstić information content (AvgIpc) is 2.53. The van der Waals surface area contributed by atoms with Gasteiger partial charge in [-0.05, 0) is 51.2 Å². The van der Waals surface area contributed by atoms with Crippen LogP contribution in [0.4, 0.5) is 0 Å². The predicted molar refractivity (Wildman–Crippen MR) is 94.4 cm³/mol. The number of benzene rings is 1. The Morgan fingerprint density at radius 2 is 1.86 bits per heavy atom. The van der Waals surface area contributed by atoms with Gasteiger partial charge in [-0.2, -0.15) is 0 Å². The second-order valence-electron chi connectivity index (χ2n) is 6.12. The highest BCUT2D eigenvalue weighted by Gasteiger charge is 2.37. The van der Waals surface area contributed by atoms with Gasteiger partial charge >= 0.3 is 0 Å². The second-order valence-corrected chi connectivity index (χ2v) is 6.53. The molecular weight excluding hydrogens is 296 g/mol. The van der Waals surface area contributed by atoms with E-state index in [4.69, 9.17) is 21.7 Å². The van der Waals surface area contributed by atoms with Gasteiger partial charge in [0, 0.05) is 17.5 Å². The topological polar surface area (TPSA) is 33.7 Å². The molecule has 1 unspecified atom stereocenters. The number of nitrogens with one attached hydrogen (secondary N) is 1. The molecule has 0 fully saturated rings. The van der Waals surface area contributed by atoms with Gasteiger partial charge in [0.25, 0.3) is 0 Å². The standard InChI is InChI=1S/C17H26N2O2S/c1-6-17(7-8-19(2)3)11-18-16(22)12-9-14(20-4)15(21-5)10-13(12)17/h9-10H,6-8,11H2,1-5H3,(H,18,22). The van der Waals surface area contributed by atoms with Crippen molar-refractivity contribution in [2.75, 3.05) is 41.4 Å². The number of fused-ring (bicyclic) bond motifs is 1. The first-order valence-electron chi connectivity index (χ1n) is 7.67. The van der Waals surface area contributed by atoms with Crippen molar-refractivity contribution in [1.82, 2.24) is 10.2 Å². The summed E-state index contributed by atoms with van der Waals surface area (Å²) in [5, 5.41) is 3.41. The molecule has 0 radical (unpaired) electrons. The molecule has 1 heterocycles. The van der Waals surface area contributed by atoms with Crippen LogP contribution < -0.4 is 14.8 Å². The van der Waals surface area contributed by atoms with Crippen LogP contribution in [-0.4, -0.2) is 51.3 Å². The summed E-state index contributed by atoms with van der Waals surface area (Å²) >= 11 is 5.52. The minimum absolute atomic E-state index is 0.0709. The smallest absolute Gasteiger partial charge is 0.161 e. The van der Waals surface area contributed by atoms with Crippen molar-refractivity contribution in [3.8, 4) is 11.5 Å². The van der Waals surface area contributed by atoms with Crippen LogP contribution in [0.3, 0.4) is 0 Å². The summed E-state index contributed by atoms with van der Waals surface area (Å²) in [6, 6.07) is 4.11. The molecule has 1 aromatic rings. The second kappa shape index (κ2) is 6.84. The quantitative estimate of drug-likeness (QED) is 0.814. The van der Waals surface area contributed by atoms with Crippen molar-refractivity contribution in [3.05, 3.63) is 23.3 Å². The lowest BCUT2D eigenvalue weighted by atomic mass is 9.71. The number of ether oxygens (including phenoxy) is 2. The normalized spacial score (nSPS) is 20.5. The number of rotatable bonds is 6. The molecule has 122 valence electrons. The van der Waals surface area contributed by atoms with Crippen LogP contribution in [0.25, 0.3) is 0 Å². The lowest BCUT2D eigenvalue weighted by molar-refractivity contribution is 0.297. The van der Waals surface area contributed by atoms with E-state index >= 15 is 0 Å². The highest BCUT2D eigenvalue weighted by atomic mass is 32.1. The van der Waals surface area contributed by atoms with Gasteiger partial charge in [-0.1, -0.05) is 19.1 Å². The number of hydrogen-bond donors (Lipinski definition) is 1. The minimum atomic E-state index is 0.0709. The Bertz CT molecular complexity index is 560. The summed E-state index contributed by atoms with van der Waals surface area (Å²) in [6.07, 6.45) is 2.13. The van der Waals surface area contributed by atoms with Gasteiger partial charge in [0.1, 0.15) is 4.99 Å². The third kappa shape index (κ3) is 3.06. The molecule has 22 heavy (non-hydrogen) atoms. The van der Waals surface area contributed by atoms with Crippen molar-refractivity contribution in [3.63, 3.8) is 0 Å². The first-order chi connectivity index (χ1) is 10.5. The minimum Gasteiger partial charge on any atom is -0.493 e. The largest absolute Gasteiger partial charge is 0.493 e. The maximum atomic E-state index is 5.52. The summed E-state index contributed by atoms with van der Waals surface area (Å²) in [5.74, 6) is 1.50. The van der Waals surface area contributed by atoms with E-state index in [-0.39, 0.29) is 5.41 Å². The first-order valence-corrected chi connectivity index (χ1v) is 8.07. The summed E-state index contributed by atoms with van der Waals surface area (Å²) in [5.41, 5.74) is 2.42. The van der Waals surface area contributed by atoms with Gasteiger partial charge < -0.3 is 19.7 Å². The van der Waals surface area contributed by atoms with E-state index in [9.17, 15) is 0 Å². The van der Waals surface area contributed by atoms with Crippen molar-refractivity contribution in [1.29, 1.82) is 0 Å². The van der Waals surface area contributed by atoms with E-state index in [1.807, 2.05) is 6.07 Å². The molecule has 0 saturated carbocycles. The third-order valence-electron chi connectivity index (χ3n) is 4.64. The number of thiocarbonyl (C=S) groups is 1. The van der Waals surface area contributed by atoms with Crippen LogP contribution in [0.1, 0.15) is 30.9 Å². The van der Waals surface area contributed by atoms with E-state index < -0.39 is 0 Å². The fourth-order valence-corrected chi connectivity index (χ4v) is 3.34. The lowest BCUT2D eigenvalue weighted by Crippen LogP contribution is -2.47. The molecular formula is C17H26N2O2S. The Labute approximate surface area is 138 Å². The molecule has 2 rings (SSSR count). The highest BCUT2D eigenvalue weighted by Crippen LogP contribution is 2.42. The van der Waals surface area contributed by atoms with Crippen molar-refractivity contribution in [2.24, 2.45) is 0 Å². The summed E-state index contributed by atoms with van der Waals surface area (Å²) < 4.78 is 10.9. The molecule has 0 bridgehead atoms. The molecule has 1 aromatic carbocycles. The van der Waals surface area contributed by atoms with E-state index in [1.165, 1.54) is 5.56 Å². The zero-order valence-electron chi connectivity index (χ0n) is 14.2. The highest BCUT2D eigenvalue weighted by molar-refractivity contribution is 7.80. The fraction of sp³-hybridized carbons (Fsp3) is 0.588. The van der Waals surface area contributed by atoms with Gasteiger partial charge in [0.05, 0.1) is 14.2 Å². The summed E-state index contributed by atoms with van der Waals surface area (Å²) in [4.78, 5) is 3.02. The van der Waals surface area contributed by atoms with Crippen LogP contribution in [-0.2, 0) is 5.41 Å². The monoisotopic (exact) mass is 322 g/mol. The van der Waals surface area contributed by atoms with Crippen LogP contribution >= 0.6 is 12.2 Å². The number of methoxy groups -OCH3 is 2. The van der Waals surface area contributed by atoms with Crippen molar-refractivity contribution < 1.29 is 9.47 Å². The maximum Gasteiger partial charge on any atom is 0.161 e. The zero-order chi connectivity index (χ0) is 16.3. The van der Waals surface area contributed by atoms with Crippen LogP contribution in [0, 0.1) is 0 Å². The van der Waals surface area contributed by atoms with E-state index in [2.05, 4.69) is 37.3 Å². The number of hydrogen-bond acceptors (Lipinski definition) is 4.